The number of carbonyl (C=O) groups is 1. The molecule has 29 heavy (non-hydrogen) atoms. The summed E-state index contributed by atoms with van der Waals surface area (Å²) in [5.41, 5.74) is -1.43. The van der Waals surface area contributed by atoms with Crippen molar-refractivity contribution in [3.05, 3.63) is 27.8 Å². The molecule has 0 spiro atoms. The van der Waals surface area contributed by atoms with Gasteiger partial charge in [0.2, 0.25) is 17.1 Å². The van der Waals surface area contributed by atoms with Gasteiger partial charge in [0.05, 0.1) is 13.2 Å². The van der Waals surface area contributed by atoms with E-state index in [2.05, 4.69) is 24.1 Å². The molecule has 0 saturated carbocycles. The van der Waals surface area contributed by atoms with Gasteiger partial charge in [0, 0.05) is 56.3 Å². The van der Waals surface area contributed by atoms with Crippen molar-refractivity contribution in [3.63, 3.8) is 0 Å². The van der Waals surface area contributed by atoms with Gasteiger partial charge in [-0.2, -0.15) is 0 Å². The number of morpholine rings is 1. The number of rotatable bonds is 6. The van der Waals surface area contributed by atoms with Crippen LogP contribution in [0, 0.1) is 6.92 Å². The van der Waals surface area contributed by atoms with Crippen molar-refractivity contribution in [3.8, 4) is 5.75 Å². The van der Waals surface area contributed by atoms with Gasteiger partial charge in [-0.25, -0.2) is 0 Å². The van der Waals surface area contributed by atoms with Gasteiger partial charge in [-0.05, 0) is 33.6 Å². The maximum atomic E-state index is 12.9. The Bertz CT molecular complexity index is 776. The average molecular weight is 408 g/mol. The molecule has 2 aliphatic rings. The predicted octanol–water partition coefficient (Wildman–Crippen LogP) is 1.32. The standard InChI is InChI=1S/C21H32N2O6/c1-15-12-16(24)18(26)19(29-15)21(4-8-27-9-5-21)13-17(25)22-14-20(2,3)23-6-10-28-11-7-23/h12,26H,4-11,13-14H2,1-3H3,(H,22,25). The number of nitrogens with zero attached hydrogens (tertiary/aromatic N) is 1. The summed E-state index contributed by atoms with van der Waals surface area (Å²) >= 11 is 0. The van der Waals surface area contributed by atoms with Crippen molar-refractivity contribution >= 4 is 5.91 Å². The van der Waals surface area contributed by atoms with E-state index in [0.717, 1.165) is 13.1 Å². The van der Waals surface area contributed by atoms with Crippen LogP contribution in [-0.4, -0.2) is 67.5 Å². The van der Waals surface area contributed by atoms with Gasteiger partial charge in [-0.15, -0.1) is 0 Å². The smallest absolute Gasteiger partial charge is 0.227 e. The highest BCUT2D eigenvalue weighted by atomic mass is 16.5. The number of carbonyl (C=O) groups excluding carboxylic acids is 1. The van der Waals surface area contributed by atoms with Crippen LogP contribution in [0.2, 0.25) is 0 Å². The lowest BCUT2D eigenvalue weighted by molar-refractivity contribution is -0.124. The molecule has 0 bridgehead atoms. The van der Waals surface area contributed by atoms with Gasteiger partial charge in [-0.1, -0.05) is 0 Å². The summed E-state index contributed by atoms with van der Waals surface area (Å²) in [6.07, 6.45) is 1.15. The zero-order valence-corrected chi connectivity index (χ0v) is 17.6. The second-order valence-electron chi connectivity index (χ2n) is 8.66. The Morgan fingerprint density at radius 3 is 2.48 bits per heavy atom. The van der Waals surface area contributed by atoms with Gasteiger partial charge in [0.25, 0.3) is 0 Å². The largest absolute Gasteiger partial charge is 0.502 e. The second kappa shape index (κ2) is 8.85. The molecule has 3 rings (SSSR count). The monoisotopic (exact) mass is 408 g/mol. The first-order chi connectivity index (χ1) is 13.7. The molecule has 1 aromatic heterocycles. The third kappa shape index (κ3) is 4.99. The third-order valence-corrected chi connectivity index (χ3v) is 6.06. The van der Waals surface area contributed by atoms with Gasteiger partial charge < -0.3 is 24.3 Å². The number of hydrogen-bond donors (Lipinski definition) is 2. The zero-order valence-electron chi connectivity index (χ0n) is 17.6. The minimum Gasteiger partial charge on any atom is -0.502 e. The van der Waals surface area contributed by atoms with Crippen LogP contribution in [-0.2, 0) is 19.7 Å². The highest BCUT2D eigenvalue weighted by molar-refractivity contribution is 5.77. The number of aryl methyl sites for hydroxylation is 1. The summed E-state index contributed by atoms with van der Waals surface area (Å²) < 4.78 is 16.6. The molecular weight excluding hydrogens is 376 g/mol. The fourth-order valence-electron chi connectivity index (χ4n) is 4.17. The Kier molecular flexibility index (Phi) is 6.65. The van der Waals surface area contributed by atoms with Crippen LogP contribution in [0.4, 0.5) is 0 Å². The van der Waals surface area contributed by atoms with Crippen LogP contribution in [0.15, 0.2) is 15.3 Å². The Morgan fingerprint density at radius 2 is 1.83 bits per heavy atom. The molecule has 2 aliphatic heterocycles. The quantitative estimate of drug-likeness (QED) is 0.732. The Labute approximate surface area is 171 Å². The molecule has 0 unspecified atom stereocenters. The molecule has 1 aromatic rings. The Balaban J connectivity index is 1.74. The van der Waals surface area contributed by atoms with Gasteiger partial charge >= 0.3 is 0 Å². The molecule has 8 heteroatoms. The number of ether oxygens (including phenoxy) is 2. The lowest BCUT2D eigenvalue weighted by Gasteiger charge is -2.41. The van der Waals surface area contributed by atoms with Crippen molar-refractivity contribution in [2.24, 2.45) is 0 Å². The maximum Gasteiger partial charge on any atom is 0.227 e. The summed E-state index contributed by atoms with van der Waals surface area (Å²) in [6.45, 7) is 10.4. The van der Waals surface area contributed by atoms with E-state index < -0.39 is 16.6 Å². The molecule has 3 heterocycles. The topological polar surface area (TPSA) is 101 Å². The Hall–Kier alpha value is -1.90. The molecule has 162 valence electrons. The van der Waals surface area contributed by atoms with Crippen LogP contribution < -0.4 is 10.7 Å². The summed E-state index contributed by atoms with van der Waals surface area (Å²) in [6, 6.07) is 1.26. The van der Waals surface area contributed by atoms with Crippen LogP contribution in [0.5, 0.6) is 5.75 Å². The number of amides is 1. The van der Waals surface area contributed by atoms with Crippen LogP contribution in [0.25, 0.3) is 0 Å². The fourth-order valence-corrected chi connectivity index (χ4v) is 4.17. The minimum atomic E-state index is -0.749. The van der Waals surface area contributed by atoms with Crippen molar-refractivity contribution in [1.82, 2.24) is 10.2 Å². The van der Waals surface area contributed by atoms with E-state index in [1.165, 1.54) is 6.07 Å². The van der Waals surface area contributed by atoms with Crippen molar-refractivity contribution in [2.75, 3.05) is 46.1 Å². The first-order valence-electron chi connectivity index (χ1n) is 10.2. The number of hydrogen-bond acceptors (Lipinski definition) is 7. The molecule has 0 atom stereocenters. The van der Waals surface area contributed by atoms with Crippen molar-refractivity contribution in [2.45, 2.75) is 51.0 Å². The highest BCUT2D eigenvalue weighted by Crippen LogP contribution is 2.41. The Morgan fingerprint density at radius 1 is 1.21 bits per heavy atom. The van der Waals surface area contributed by atoms with E-state index in [1.807, 2.05) is 0 Å². The van der Waals surface area contributed by atoms with E-state index in [1.54, 1.807) is 6.92 Å². The third-order valence-electron chi connectivity index (χ3n) is 6.06. The number of aromatic hydroxyl groups is 1. The van der Waals surface area contributed by atoms with E-state index in [0.29, 0.717) is 51.6 Å². The van der Waals surface area contributed by atoms with Gasteiger partial charge in [-0.3, -0.25) is 14.5 Å². The van der Waals surface area contributed by atoms with Crippen molar-refractivity contribution in [1.29, 1.82) is 0 Å². The number of nitrogens with one attached hydrogen (secondary N) is 1. The molecule has 0 aliphatic carbocycles. The van der Waals surface area contributed by atoms with E-state index in [9.17, 15) is 14.7 Å². The lowest BCUT2D eigenvalue weighted by atomic mass is 9.74. The molecule has 1 amide bonds. The molecule has 2 saturated heterocycles. The predicted molar refractivity (Wildman–Crippen MR) is 107 cm³/mol. The normalized spacial score (nSPS) is 20.4. The summed E-state index contributed by atoms with van der Waals surface area (Å²) in [4.78, 5) is 27.3. The molecule has 0 radical (unpaired) electrons. The first-order valence-corrected chi connectivity index (χ1v) is 10.2. The van der Waals surface area contributed by atoms with Crippen molar-refractivity contribution < 1.29 is 23.8 Å². The minimum absolute atomic E-state index is 0.128. The molecule has 2 N–H and O–H groups in total. The molecule has 8 nitrogen and oxygen atoms in total. The van der Waals surface area contributed by atoms with E-state index >= 15 is 0 Å². The second-order valence-corrected chi connectivity index (χ2v) is 8.66. The zero-order chi connectivity index (χ0) is 21.1. The SMILES string of the molecule is Cc1cc(=O)c(O)c(C2(CC(=O)NCC(C)(C)N3CCOCC3)CCOCC2)o1. The fraction of sp³-hybridized carbons (Fsp3) is 0.714. The van der Waals surface area contributed by atoms with Gasteiger partial charge in [0.15, 0.2) is 5.76 Å². The molecular formula is C21H32N2O6. The van der Waals surface area contributed by atoms with Gasteiger partial charge in [0.1, 0.15) is 5.76 Å². The summed E-state index contributed by atoms with van der Waals surface area (Å²) in [5.74, 6) is 0.0895. The maximum absolute atomic E-state index is 12.9. The van der Waals surface area contributed by atoms with Crippen LogP contribution >= 0.6 is 0 Å². The summed E-state index contributed by atoms with van der Waals surface area (Å²) in [7, 11) is 0. The van der Waals surface area contributed by atoms with E-state index in [-0.39, 0.29) is 23.6 Å². The van der Waals surface area contributed by atoms with E-state index in [4.69, 9.17) is 13.9 Å². The van der Waals surface area contributed by atoms with Crippen LogP contribution in [0.1, 0.15) is 44.6 Å². The molecule has 0 aromatic carbocycles. The summed E-state index contributed by atoms with van der Waals surface area (Å²) in [5, 5.41) is 13.4. The first kappa shape index (κ1) is 21.8. The highest BCUT2D eigenvalue weighted by Gasteiger charge is 2.42. The molecule has 2 fully saturated rings. The van der Waals surface area contributed by atoms with Crippen LogP contribution in [0.3, 0.4) is 0 Å². The lowest BCUT2D eigenvalue weighted by Crippen LogP contribution is -2.55. The average Bonchev–Trinajstić information content (AvgIpc) is 2.70.